The molecule has 1 heterocycles. The van der Waals surface area contributed by atoms with Gasteiger partial charge in [0.15, 0.2) is 6.10 Å². The average molecular weight is 421 g/mol. The molecule has 1 aliphatic carbocycles. The van der Waals surface area contributed by atoms with E-state index in [0.717, 1.165) is 44.5 Å². The van der Waals surface area contributed by atoms with Crippen molar-refractivity contribution in [1.82, 2.24) is 4.90 Å². The quantitative estimate of drug-likeness (QED) is 0.716. The Morgan fingerprint density at radius 2 is 1.71 bits per heavy atom. The van der Waals surface area contributed by atoms with Crippen LogP contribution >= 0.6 is 0 Å². The van der Waals surface area contributed by atoms with Gasteiger partial charge in [0.25, 0.3) is 11.8 Å². The molecule has 0 saturated carbocycles. The van der Waals surface area contributed by atoms with Gasteiger partial charge in [-0.25, -0.2) is 0 Å². The number of aryl methyl sites for hydroxylation is 2. The van der Waals surface area contributed by atoms with Gasteiger partial charge in [0, 0.05) is 13.1 Å². The Labute approximate surface area is 184 Å². The third kappa shape index (κ3) is 5.09. The summed E-state index contributed by atoms with van der Waals surface area (Å²) < 4.78 is 6.07. The predicted molar refractivity (Wildman–Crippen MR) is 123 cm³/mol. The van der Waals surface area contributed by atoms with Crippen molar-refractivity contribution in [3.63, 3.8) is 0 Å². The zero-order valence-corrected chi connectivity index (χ0v) is 18.4. The first-order valence-electron chi connectivity index (χ1n) is 11.6. The number of ether oxygens (including phenoxy) is 1. The number of para-hydroxylation sites is 1. The van der Waals surface area contributed by atoms with Crippen molar-refractivity contribution in [2.24, 2.45) is 0 Å². The first-order valence-corrected chi connectivity index (χ1v) is 11.6. The van der Waals surface area contributed by atoms with Gasteiger partial charge in [-0.05, 0) is 86.8 Å². The number of fused-ring (bicyclic) bond motifs is 1. The number of likely N-dealkylation sites (tertiary alicyclic amines) is 1. The first-order chi connectivity index (χ1) is 15.2. The van der Waals surface area contributed by atoms with Crippen LogP contribution in [0.15, 0.2) is 42.5 Å². The molecule has 0 aromatic heterocycles. The fourth-order valence-electron chi connectivity index (χ4n) is 4.53. The number of hydrogen-bond acceptors (Lipinski definition) is 3. The van der Waals surface area contributed by atoms with Crippen LogP contribution in [0.1, 0.15) is 66.9 Å². The van der Waals surface area contributed by atoms with Crippen molar-refractivity contribution < 1.29 is 14.3 Å². The van der Waals surface area contributed by atoms with Crippen molar-refractivity contribution in [1.29, 1.82) is 0 Å². The molecule has 0 unspecified atom stereocenters. The molecule has 2 aromatic rings. The standard InChI is InChI=1S/C26H32N2O3/c1-2-24(31-21-15-14-19-10-4-5-11-20(19)18-21)25(29)27-23-13-7-6-12-22(23)26(30)28-16-8-3-9-17-28/h6-7,12-15,18,24H,2-5,8-11,16-17H2,1H3,(H,27,29)/t24-/m0/s1. The molecule has 1 aliphatic heterocycles. The van der Waals surface area contributed by atoms with Gasteiger partial charge in [-0.2, -0.15) is 0 Å². The third-order valence-electron chi connectivity index (χ3n) is 6.32. The minimum atomic E-state index is -0.611. The van der Waals surface area contributed by atoms with Crippen molar-refractivity contribution in [2.45, 2.75) is 64.4 Å². The first kappa shape index (κ1) is 21.4. The third-order valence-corrected chi connectivity index (χ3v) is 6.32. The molecule has 5 heteroatoms. The Kier molecular flexibility index (Phi) is 6.90. The molecular formula is C26H32N2O3. The summed E-state index contributed by atoms with van der Waals surface area (Å²) in [6.45, 7) is 3.49. The second-order valence-corrected chi connectivity index (χ2v) is 8.54. The number of carbonyl (C=O) groups excluding carboxylic acids is 2. The zero-order chi connectivity index (χ0) is 21.6. The summed E-state index contributed by atoms with van der Waals surface area (Å²) in [6.07, 6.45) is 7.81. The van der Waals surface area contributed by atoms with Gasteiger partial charge in [-0.15, -0.1) is 0 Å². The Balaban J connectivity index is 1.46. The van der Waals surface area contributed by atoms with E-state index in [1.165, 1.54) is 30.4 Å². The normalized spacial score (nSPS) is 16.9. The van der Waals surface area contributed by atoms with Crippen LogP contribution in [-0.2, 0) is 17.6 Å². The molecule has 2 aliphatic rings. The smallest absolute Gasteiger partial charge is 0.265 e. The van der Waals surface area contributed by atoms with Crippen LogP contribution in [0.3, 0.4) is 0 Å². The Morgan fingerprint density at radius 1 is 0.968 bits per heavy atom. The molecule has 2 aromatic carbocycles. The minimum absolute atomic E-state index is 0.0146. The number of nitrogens with one attached hydrogen (secondary N) is 1. The maximum atomic E-state index is 13.0. The lowest BCUT2D eigenvalue weighted by Gasteiger charge is -2.27. The number of anilines is 1. The summed E-state index contributed by atoms with van der Waals surface area (Å²) >= 11 is 0. The van der Waals surface area contributed by atoms with Crippen molar-refractivity contribution in [3.8, 4) is 5.75 Å². The summed E-state index contributed by atoms with van der Waals surface area (Å²) in [5.41, 5.74) is 3.81. The van der Waals surface area contributed by atoms with Gasteiger partial charge in [0.2, 0.25) is 0 Å². The van der Waals surface area contributed by atoms with E-state index in [1.54, 1.807) is 12.1 Å². The number of rotatable bonds is 6. The molecule has 0 bridgehead atoms. The lowest BCUT2D eigenvalue weighted by atomic mass is 9.92. The van der Waals surface area contributed by atoms with Crippen LogP contribution in [0.4, 0.5) is 5.69 Å². The molecular weight excluding hydrogens is 388 g/mol. The minimum Gasteiger partial charge on any atom is -0.481 e. The number of hydrogen-bond donors (Lipinski definition) is 1. The van der Waals surface area contributed by atoms with Crippen molar-refractivity contribution >= 4 is 17.5 Å². The maximum absolute atomic E-state index is 13.0. The summed E-state index contributed by atoms with van der Waals surface area (Å²) in [6, 6.07) is 13.4. The number of benzene rings is 2. The van der Waals surface area contributed by atoms with Gasteiger partial charge in [0.05, 0.1) is 11.3 Å². The molecule has 1 fully saturated rings. The van der Waals surface area contributed by atoms with Gasteiger partial charge in [0.1, 0.15) is 5.75 Å². The molecule has 164 valence electrons. The van der Waals surface area contributed by atoms with Gasteiger partial charge in [-0.3, -0.25) is 9.59 Å². The van der Waals surface area contributed by atoms with E-state index in [-0.39, 0.29) is 11.8 Å². The van der Waals surface area contributed by atoms with E-state index in [1.807, 2.05) is 30.0 Å². The highest BCUT2D eigenvalue weighted by Crippen LogP contribution is 2.27. The summed E-state index contributed by atoms with van der Waals surface area (Å²) in [5, 5.41) is 2.95. The number of nitrogens with zero attached hydrogens (tertiary/aromatic N) is 1. The van der Waals surface area contributed by atoms with Crippen LogP contribution in [0.2, 0.25) is 0 Å². The lowest BCUT2D eigenvalue weighted by Crippen LogP contribution is -2.37. The molecule has 1 N–H and O–H groups in total. The highest BCUT2D eigenvalue weighted by Gasteiger charge is 2.24. The zero-order valence-electron chi connectivity index (χ0n) is 18.4. The van der Waals surface area contributed by atoms with Gasteiger partial charge >= 0.3 is 0 Å². The number of piperidine rings is 1. The SMILES string of the molecule is CC[C@H](Oc1ccc2c(c1)CCCC2)C(=O)Nc1ccccc1C(=O)N1CCCCC1. The van der Waals surface area contributed by atoms with Crippen LogP contribution in [0.25, 0.3) is 0 Å². The molecule has 5 nitrogen and oxygen atoms in total. The van der Waals surface area contributed by atoms with E-state index in [9.17, 15) is 9.59 Å². The second-order valence-electron chi connectivity index (χ2n) is 8.54. The average Bonchev–Trinajstić information content (AvgIpc) is 2.82. The Bertz CT molecular complexity index is 934. The number of amides is 2. The molecule has 0 spiro atoms. The summed E-state index contributed by atoms with van der Waals surface area (Å²) in [5.74, 6) is 0.499. The fourth-order valence-corrected chi connectivity index (χ4v) is 4.53. The second kappa shape index (κ2) is 9.99. The van der Waals surface area contributed by atoms with Crippen LogP contribution in [-0.4, -0.2) is 35.9 Å². The molecule has 0 radical (unpaired) electrons. The highest BCUT2D eigenvalue weighted by molar-refractivity contribution is 6.04. The fraction of sp³-hybridized carbons (Fsp3) is 0.462. The molecule has 4 rings (SSSR count). The highest BCUT2D eigenvalue weighted by atomic mass is 16.5. The van der Waals surface area contributed by atoms with Crippen LogP contribution in [0.5, 0.6) is 5.75 Å². The molecule has 1 atom stereocenters. The van der Waals surface area contributed by atoms with Crippen LogP contribution in [0, 0.1) is 0 Å². The molecule has 2 amide bonds. The Hall–Kier alpha value is -2.82. The summed E-state index contributed by atoms with van der Waals surface area (Å²) in [4.78, 5) is 27.9. The predicted octanol–water partition coefficient (Wildman–Crippen LogP) is 4.99. The summed E-state index contributed by atoms with van der Waals surface area (Å²) in [7, 11) is 0. The number of carbonyl (C=O) groups is 2. The van der Waals surface area contributed by atoms with E-state index < -0.39 is 6.10 Å². The van der Waals surface area contributed by atoms with E-state index >= 15 is 0 Å². The van der Waals surface area contributed by atoms with E-state index in [4.69, 9.17) is 4.74 Å². The largest absolute Gasteiger partial charge is 0.481 e. The maximum Gasteiger partial charge on any atom is 0.265 e. The van der Waals surface area contributed by atoms with E-state index in [0.29, 0.717) is 17.7 Å². The lowest BCUT2D eigenvalue weighted by molar-refractivity contribution is -0.122. The van der Waals surface area contributed by atoms with E-state index in [2.05, 4.69) is 17.4 Å². The topological polar surface area (TPSA) is 58.6 Å². The van der Waals surface area contributed by atoms with Crippen LogP contribution < -0.4 is 10.1 Å². The molecule has 31 heavy (non-hydrogen) atoms. The van der Waals surface area contributed by atoms with Gasteiger partial charge in [-0.1, -0.05) is 25.1 Å². The Morgan fingerprint density at radius 3 is 2.48 bits per heavy atom. The van der Waals surface area contributed by atoms with Crippen molar-refractivity contribution in [3.05, 3.63) is 59.2 Å². The monoisotopic (exact) mass is 420 g/mol. The van der Waals surface area contributed by atoms with Crippen molar-refractivity contribution in [2.75, 3.05) is 18.4 Å². The molecule has 1 saturated heterocycles. The van der Waals surface area contributed by atoms with Gasteiger partial charge < -0.3 is 15.0 Å².